The smallest absolute Gasteiger partial charge is 0.219 e. The van der Waals surface area contributed by atoms with E-state index in [-0.39, 0.29) is 11.8 Å². The Morgan fingerprint density at radius 1 is 0.489 bits per heavy atom. The van der Waals surface area contributed by atoms with E-state index in [1.165, 1.54) is 114 Å². The molecule has 276 valence electrons. The predicted octanol–water partition coefficient (Wildman–Crippen LogP) is 12.6. The minimum absolute atomic E-state index is 0.191. The molecule has 2 amide bonds. The quantitative estimate of drug-likeness (QED) is 0.129. The molecule has 1 aromatic rings. The third kappa shape index (κ3) is 32.5. The number of nitrogens with one attached hydrogen (secondary N) is 2. The number of carbonyl (C=O) groups is 2. The van der Waals surface area contributed by atoms with Crippen LogP contribution in [-0.2, 0) is 22.4 Å². The summed E-state index contributed by atoms with van der Waals surface area (Å²) in [6, 6.07) is 9.03. The molecule has 1 aliphatic carbocycles. The summed E-state index contributed by atoms with van der Waals surface area (Å²) in [5, 5.41) is 5.77. The third-order valence-electron chi connectivity index (χ3n) is 8.87. The molecule has 1 aromatic carbocycles. The van der Waals surface area contributed by atoms with Gasteiger partial charge in [-0.1, -0.05) is 176 Å². The average Bonchev–Trinajstić information content (AvgIpc) is 3.06. The SMILES string of the molecule is CCCC1CCC(CCC)CC1.CCCCCCCNC(=O)CCC.CCCCNC(=O)CCC.CCCc1ccc(CCC)cc1. The van der Waals surface area contributed by atoms with Crippen LogP contribution in [0.1, 0.15) is 201 Å². The molecule has 1 fully saturated rings. The Kier molecular flexibility index (Phi) is 37.2. The summed E-state index contributed by atoms with van der Waals surface area (Å²) in [6.45, 7) is 19.2. The molecule has 1 aliphatic rings. The van der Waals surface area contributed by atoms with Gasteiger partial charge in [0, 0.05) is 25.9 Å². The monoisotopic (exact) mass is 659 g/mol. The number of unbranched alkanes of at least 4 members (excludes halogenated alkanes) is 5. The van der Waals surface area contributed by atoms with E-state index < -0.39 is 0 Å². The van der Waals surface area contributed by atoms with Gasteiger partial charge in [-0.2, -0.15) is 0 Å². The maximum atomic E-state index is 11.0. The molecular weight excluding hydrogens is 576 g/mol. The van der Waals surface area contributed by atoms with E-state index in [4.69, 9.17) is 0 Å². The second-order valence-electron chi connectivity index (χ2n) is 13.7. The van der Waals surface area contributed by atoms with Gasteiger partial charge < -0.3 is 10.6 Å². The summed E-state index contributed by atoms with van der Waals surface area (Å²) in [5.74, 6) is 2.57. The topological polar surface area (TPSA) is 58.2 Å². The molecule has 0 bridgehead atoms. The minimum atomic E-state index is 0.191. The van der Waals surface area contributed by atoms with E-state index >= 15 is 0 Å². The molecule has 0 aromatic heterocycles. The lowest BCUT2D eigenvalue weighted by Gasteiger charge is -2.27. The molecule has 4 heteroatoms. The zero-order valence-corrected chi connectivity index (χ0v) is 33.0. The molecule has 0 spiro atoms. The van der Waals surface area contributed by atoms with E-state index in [9.17, 15) is 9.59 Å². The van der Waals surface area contributed by atoms with Crippen LogP contribution in [0.4, 0.5) is 0 Å². The first-order valence-corrected chi connectivity index (χ1v) is 20.5. The van der Waals surface area contributed by atoms with E-state index in [2.05, 4.69) is 76.4 Å². The van der Waals surface area contributed by atoms with Crippen molar-refractivity contribution in [3.05, 3.63) is 35.4 Å². The summed E-state index contributed by atoms with van der Waals surface area (Å²) >= 11 is 0. The number of benzene rings is 1. The van der Waals surface area contributed by atoms with Crippen molar-refractivity contribution < 1.29 is 9.59 Å². The second kappa shape index (κ2) is 37.0. The number of aryl methyl sites for hydroxylation is 2. The van der Waals surface area contributed by atoms with Gasteiger partial charge in [-0.05, 0) is 61.5 Å². The lowest BCUT2D eigenvalue weighted by atomic mass is 9.78. The fourth-order valence-corrected chi connectivity index (χ4v) is 6.07. The highest BCUT2D eigenvalue weighted by atomic mass is 16.2. The van der Waals surface area contributed by atoms with Crippen molar-refractivity contribution in [3.8, 4) is 0 Å². The lowest BCUT2D eigenvalue weighted by Crippen LogP contribution is -2.23. The molecule has 0 atom stereocenters. The van der Waals surface area contributed by atoms with Crippen LogP contribution in [0.2, 0.25) is 0 Å². The molecular formula is C43H82N2O2. The summed E-state index contributed by atoms with van der Waals surface area (Å²) in [7, 11) is 0. The second-order valence-corrected chi connectivity index (χ2v) is 13.7. The van der Waals surface area contributed by atoms with Crippen LogP contribution in [0.3, 0.4) is 0 Å². The number of hydrogen-bond donors (Lipinski definition) is 2. The maximum Gasteiger partial charge on any atom is 0.219 e. The largest absolute Gasteiger partial charge is 0.356 e. The number of carbonyl (C=O) groups excluding carboxylic acids is 2. The van der Waals surface area contributed by atoms with E-state index in [1.54, 1.807) is 0 Å². The molecule has 2 N–H and O–H groups in total. The Morgan fingerprint density at radius 3 is 1.21 bits per heavy atom. The van der Waals surface area contributed by atoms with Crippen LogP contribution in [0.5, 0.6) is 0 Å². The highest BCUT2D eigenvalue weighted by Gasteiger charge is 2.19. The Hall–Kier alpha value is -1.84. The van der Waals surface area contributed by atoms with Crippen LogP contribution in [0.15, 0.2) is 24.3 Å². The number of hydrogen-bond acceptors (Lipinski definition) is 2. The van der Waals surface area contributed by atoms with Gasteiger partial charge in [0.1, 0.15) is 0 Å². The molecule has 0 aliphatic heterocycles. The van der Waals surface area contributed by atoms with Gasteiger partial charge in [-0.3, -0.25) is 9.59 Å². The summed E-state index contributed by atoms with van der Waals surface area (Å²) in [5.41, 5.74) is 2.94. The maximum absolute atomic E-state index is 11.0. The van der Waals surface area contributed by atoms with Crippen molar-refractivity contribution in [1.82, 2.24) is 10.6 Å². The Balaban J connectivity index is 0. The first-order valence-electron chi connectivity index (χ1n) is 20.5. The van der Waals surface area contributed by atoms with Crippen molar-refractivity contribution in [3.63, 3.8) is 0 Å². The summed E-state index contributed by atoms with van der Waals surface area (Å²) in [6.07, 6.45) is 28.5. The van der Waals surface area contributed by atoms with E-state index in [0.717, 1.165) is 57.0 Å². The Bertz CT molecular complexity index is 744. The van der Waals surface area contributed by atoms with Crippen molar-refractivity contribution in [2.45, 2.75) is 203 Å². The third-order valence-corrected chi connectivity index (χ3v) is 8.87. The van der Waals surface area contributed by atoms with Crippen molar-refractivity contribution in [2.75, 3.05) is 13.1 Å². The van der Waals surface area contributed by atoms with Crippen LogP contribution in [0.25, 0.3) is 0 Å². The van der Waals surface area contributed by atoms with Gasteiger partial charge >= 0.3 is 0 Å². The average molecular weight is 659 g/mol. The normalized spacial score (nSPS) is 15.1. The molecule has 2 rings (SSSR count). The van der Waals surface area contributed by atoms with Crippen LogP contribution in [0, 0.1) is 11.8 Å². The molecule has 0 heterocycles. The van der Waals surface area contributed by atoms with Gasteiger partial charge in [0.25, 0.3) is 0 Å². The highest BCUT2D eigenvalue weighted by molar-refractivity contribution is 5.76. The van der Waals surface area contributed by atoms with E-state index in [1.807, 2.05) is 13.8 Å². The minimum Gasteiger partial charge on any atom is -0.356 e. The number of rotatable bonds is 21. The van der Waals surface area contributed by atoms with E-state index in [0.29, 0.717) is 12.8 Å². The Labute approximate surface area is 294 Å². The first-order chi connectivity index (χ1) is 22.8. The molecule has 47 heavy (non-hydrogen) atoms. The zero-order chi connectivity index (χ0) is 35.4. The zero-order valence-electron chi connectivity index (χ0n) is 33.0. The highest BCUT2D eigenvalue weighted by Crippen LogP contribution is 2.33. The molecule has 4 nitrogen and oxygen atoms in total. The fraction of sp³-hybridized carbons (Fsp3) is 0.814. The first kappa shape index (κ1) is 47.3. The predicted molar refractivity (Wildman–Crippen MR) is 209 cm³/mol. The van der Waals surface area contributed by atoms with Gasteiger partial charge in [0.15, 0.2) is 0 Å². The van der Waals surface area contributed by atoms with Gasteiger partial charge in [0.2, 0.25) is 11.8 Å². The van der Waals surface area contributed by atoms with Crippen molar-refractivity contribution in [1.29, 1.82) is 0 Å². The summed E-state index contributed by atoms with van der Waals surface area (Å²) in [4.78, 5) is 21.8. The summed E-state index contributed by atoms with van der Waals surface area (Å²) < 4.78 is 0. The number of amides is 2. The molecule has 0 saturated heterocycles. The molecule has 0 radical (unpaired) electrons. The van der Waals surface area contributed by atoms with Crippen LogP contribution in [-0.4, -0.2) is 24.9 Å². The van der Waals surface area contributed by atoms with Gasteiger partial charge in [-0.15, -0.1) is 0 Å². The molecule has 1 saturated carbocycles. The van der Waals surface area contributed by atoms with Gasteiger partial charge in [0.05, 0.1) is 0 Å². The standard InChI is InChI=1S/C12H24.C12H18.C11H23NO.C8H17NO/c2*1-3-5-11-7-9-12(6-4-2)10-8-11;1-3-5-6-7-8-10-12-11(13)9-4-2;1-3-5-7-9-8(10)6-4-2/h11-12H,3-10H2,1-2H3;7-10H,3-6H2,1-2H3;3-10H2,1-2H3,(H,12,13);3-7H2,1-2H3,(H,9,10). The van der Waals surface area contributed by atoms with Crippen LogP contribution < -0.4 is 10.6 Å². The van der Waals surface area contributed by atoms with Crippen molar-refractivity contribution in [2.24, 2.45) is 11.8 Å². The molecule has 0 unspecified atom stereocenters. The lowest BCUT2D eigenvalue weighted by molar-refractivity contribution is -0.121. The van der Waals surface area contributed by atoms with Gasteiger partial charge in [-0.25, -0.2) is 0 Å². The van der Waals surface area contributed by atoms with Crippen molar-refractivity contribution >= 4 is 11.8 Å². The Morgan fingerprint density at radius 2 is 0.872 bits per heavy atom. The van der Waals surface area contributed by atoms with Crippen LogP contribution >= 0.6 is 0 Å². The fourth-order valence-electron chi connectivity index (χ4n) is 6.07.